The third-order valence-corrected chi connectivity index (χ3v) is 5.85. The van der Waals surface area contributed by atoms with Crippen LogP contribution in [-0.4, -0.2) is 51.9 Å². The van der Waals surface area contributed by atoms with Gasteiger partial charge in [0.15, 0.2) is 5.88 Å². The highest BCUT2D eigenvalue weighted by Crippen LogP contribution is 2.32. The number of aromatic nitrogens is 2. The molecule has 0 aliphatic heterocycles. The Hall–Kier alpha value is -3.97. The Kier molecular flexibility index (Phi) is 7.04. The molecule has 0 radical (unpaired) electrons. The van der Waals surface area contributed by atoms with Crippen molar-refractivity contribution in [2.75, 3.05) is 20.2 Å². The van der Waals surface area contributed by atoms with E-state index in [4.69, 9.17) is 9.73 Å². The van der Waals surface area contributed by atoms with E-state index < -0.39 is 5.97 Å². The fourth-order valence-electron chi connectivity index (χ4n) is 3.95. The van der Waals surface area contributed by atoms with Crippen molar-refractivity contribution in [1.29, 1.82) is 0 Å². The zero-order valence-corrected chi connectivity index (χ0v) is 19.6. The van der Waals surface area contributed by atoms with Crippen LogP contribution in [0.4, 0.5) is 5.69 Å². The summed E-state index contributed by atoms with van der Waals surface area (Å²) in [5.41, 5.74) is 4.89. The number of nitrogens with one attached hydrogen (secondary N) is 1. The quantitative estimate of drug-likeness (QED) is 0.285. The summed E-state index contributed by atoms with van der Waals surface area (Å²) in [4.78, 5) is 26.4. The Labute approximate surface area is 198 Å². The van der Waals surface area contributed by atoms with Crippen LogP contribution in [0.15, 0.2) is 72.0 Å². The molecule has 0 saturated heterocycles. The molecule has 0 bridgehead atoms. The van der Waals surface area contributed by atoms with Crippen molar-refractivity contribution in [3.05, 3.63) is 89.2 Å². The molecule has 0 unspecified atom stereocenters. The second-order valence-corrected chi connectivity index (χ2v) is 7.93. The SMILES string of the molecule is CCN(CC)Cc1ccc(N=C(c2cccnc2)c2c(O)[nH]c3cc(C(=O)OC)ccc23)cc1. The van der Waals surface area contributed by atoms with Gasteiger partial charge in [0.2, 0.25) is 0 Å². The fourth-order valence-corrected chi connectivity index (χ4v) is 3.95. The van der Waals surface area contributed by atoms with Gasteiger partial charge in [-0.3, -0.25) is 9.88 Å². The monoisotopic (exact) mass is 456 g/mol. The van der Waals surface area contributed by atoms with Gasteiger partial charge in [-0.1, -0.05) is 32.0 Å². The predicted molar refractivity (Wildman–Crippen MR) is 134 cm³/mol. The van der Waals surface area contributed by atoms with E-state index in [1.165, 1.54) is 12.7 Å². The number of hydrogen-bond acceptors (Lipinski definition) is 6. The number of nitrogens with zero attached hydrogens (tertiary/aromatic N) is 3. The lowest BCUT2D eigenvalue weighted by Crippen LogP contribution is -2.21. The first-order valence-corrected chi connectivity index (χ1v) is 11.3. The number of carbonyl (C=O) groups excluding carboxylic acids is 1. The van der Waals surface area contributed by atoms with Crippen molar-refractivity contribution in [2.24, 2.45) is 4.99 Å². The van der Waals surface area contributed by atoms with Crippen LogP contribution in [0.2, 0.25) is 0 Å². The van der Waals surface area contributed by atoms with Crippen molar-refractivity contribution in [3.8, 4) is 5.88 Å². The number of pyridine rings is 1. The molecule has 2 N–H and O–H groups in total. The van der Waals surface area contributed by atoms with Crippen molar-refractivity contribution in [3.63, 3.8) is 0 Å². The number of methoxy groups -OCH3 is 1. The van der Waals surface area contributed by atoms with Gasteiger partial charge in [0.1, 0.15) is 0 Å². The van der Waals surface area contributed by atoms with Crippen LogP contribution in [0.5, 0.6) is 5.88 Å². The molecule has 2 aromatic carbocycles. The molecule has 0 spiro atoms. The first-order valence-electron chi connectivity index (χ1n) is 11.3. The lowest BCUT2D eigenvalue weighted by molar-refractivity contribution is 0.0601. The molecule has 34 heavy (non-hydrogen) atoms. The Morgan fingerprint density at radius 1 is 1.09 bits per heavy atom. The summed E-state index contributed by atoms with van der Waals surface area (Å²) in [5.74, 6) is -0.471. The molecule has 0 saturated carbocycles. The van der Waals surface area contributed by atoms with Crippen molar-refractivity contribution in [2.45, 2.75) is 20.4 Å². The van der Waals surface area contributed by atoms with Gasteiger partial charge in [0.05, 0.1) is 29.6 Å². The van der Waals surface area contributed by atoms with Crippen LogP contribution in [0.25, 0.3) is 10.9 Å². The van der Waals surface area contributed by atoms with Gasteiger partial charge in [0, 0.05) is 35.4 Å². The summed E-state index contributed by atoms with van der Waals surface area (Å²) in [6.07, 6.45) is 3.41. The summed E-state index contributed by atoms with van der Waals surface area (Å²) in [7, 11) is 1.34. The normalized spacial score (nSPS) is 11.8. The lowest BCUT2D eigenvalue weighted by Gasteiger charge is -2.17. The number of aromatic hydroxyl groups is 1. The molecule has 0 atom stereocenters. The molecular weight excluding hydrogens is 428 g/mol. The molecule has 7 heteroatoms. The van der Waals surface area contributed by atoms with Crippen LogP contribution >= 0.6 is 0 Å². The number of esters is 1. The maximum absolute atomic E-state index is 11.9. The van der Waals surface area contributed by atoms with E-state index in [2.05, 4.69) is 40.8 Å². The molecule has 0 aliphatic carbocycles. The second kappa shape index (κ2) is 10.3. The molecule has 0 fully saturated rings. The Morgan fingerprint density at radius 3 is 2.50 bits per heavy atom. The van der Waals surface area contributed by atoms with Crippen LogP contribution in [0, 0.1) is 0 Å². The number of hydrogen-bond donors (Lipinski definition) is 2. The minimum absolute atomic E-state index is 0.0298. The smallest absolute Gasteiger partial charge is 0.337 e. The van der Waals surface area contributed by atoms with Crippen molar-refractivity contribution < 1.29 is 14.6 Å². The highest BCUT2D eigenvalue weighted by atomic mass is 16.5. The van der Waals surface area contributed by atoms with Gasteiger partial charge >= 0.3 is 5.97 Å². The van der Waals surface area contributed by atoms with E-state index >= 15 is 0 Å². The van der Waals surface area contributed by atoms with Gasteiger partial charge in [-0.15, -0.1) is 0 Å². The zero-order valence-electron chi connectivity index (χ0n) is 19.6. The van der Waals surface area contributed by atoms with E-state index in [0.29, 0.717) is 22.4 Å². The van der Waals surface area contributed by atoms with E-state index in [0.717, 1.165) is 36.3 Å². The summed E-state index contributed by atoms with van der Waals surface area (Å²) in [5, 5.41) is 11.6. The fraction of sp³-hybridized carbons (Fsp3) is 0.222. The summed E-state index contributed by atoms with van der Waals surface area (Å²) in [6, 6.07) is 17.0. The molecule has 0 aliphatic rings. The van der Waals surface area contributed by atoms with Gasteiger partial charge in [0.25, 0.3) is 0 Å². The maximum atomic E-state index is 11.9. The molecular formula is C27H28N4O3. The van der Waals surface area contributed by atoms with Crippen molar-refractivity contribution >= 4 is 28.3 Å². The summed E-state index contributed by atoms with van der Waals surface area (Å²) >= 11 is 0. The van der Waals surface area contributed by atoms with Gasteiger partial charge in [-0.25, -0.2) is 9.79 Å². The highest BCUT2D eigenvalue weighted by molar-refractivity contribution is 6.22. The Bertz CT molecular complexity index is 1310. The third-order valence-electron chi connectivity index (χ3n) is 5.85. The van der Waals surface area contributed by atoms with Gasteiger partial charge < -0.3 is 14.8 Å². The van der Waals surface area contributed by atoms with E-state index in [1.807, 2.05) is 24.3 Å². The number of ether oxygens (including phenoxy) is 1. The first-order chi connectivity index (χ1) is 16.5. The summed E-state index contributed by atoms with van der Waals surface area (Å²) in [6.45, 7) is 7.20. The molecule has 7 nitrogen and oxygen atoms in total. The standard InChI is InChI=1S/C27H28N4O3/c1-4-31(5-2)17-18-8-11-21(12-9-18)29-25(20-7-6-14-28-16-20)24-22-13-10-19(27(33)34-3)15-23(22)30-26(24)32/h6-16,30,32H,4-5,17H2,1-3H3. The van der Waals surface area contributed by atoms with E-state index in [1.54, 1.807) is 30.6 Å². The summed E-state index contributed by atoms with van der Waals surface area (Å²) < 4.78 is 4.82. The number of rotatable bonds is 8. The second-order valence-electron chi connectivity index (χ2n) is 7.93. The predicted octanol–water partition coefficient (Wildman–Crippen LogP) is 5.07. The molecule has 174 valence electrons. The molecule has 0 amide bonds. The van der Waals surface area contributed by atoms with Crippen LogP contribution in [0.3, 0.4) is 0 Å². The first kappa shape index (κ1) is 23.2. The Balaban J connectivity index is 1.79. The number of H-pyrrole nitrogens is 1. The topological polar surface area (TPSA) is 90.8 Å². The molecule has 2 heterocycles. The number of fused-ring (bicyclic) bond motifs is 1. The lowest BCUT2D eigenvalue weighted by atomic mass is 10.0. The zero-order chi connectivity index (χ0) is 24.1. The highest BCUT2D eigenvalue weighted by Gasteiger charge is 2.20. The van der Waals surface area contributed by atoms with Gasteiger partial charge in [-0.2, -0.15) is 0 Å². The average molecular weight is 457 g/mol. The van der Waals surface area contributed by atoms with Gasteiger partial charge in [-0.05, 0) is 55.1 Å². The van der Waals surface area contributed by atoms with Crippen LogP contribution < -0.4 is 0 Å². The minimum Gasteiger partial charge on any atom is -0.494 e. The number of aromatic amines is 1. The molecule has 2 aromatic heterocycles. The average Bonchev–Trinajstić information content (AvgIpc) is 3.21. The van der Waals surface area contributed by atoms with E-state index in [9.17, 15) is 9.90 Å². The Morgan fingerprint density at radius 2 is 1.85 bits per heavy atom. The largest absolute Gasteiger partial charge is 0.494 e. The maximum Gasteiger partial charge on any atom is 0.337 e. The van der Waals surface area contributed by atoms with Crippen molar-refractivity contribution in [1.82, 2.24) is 14.9 Å². The number of aliphatic imine (C=N–C) groups is 1. The third kappa shape index (κ3) is 4.84. The minimum atomic E-state index is -0.441. The number of carbonyl (C=O) groups is 1. The van der Waals surface area contributed by atoms with Crippen LogP contribution in [-0.2, 0) is 11.3 Å². The molecule has 4 aromatic rings. The van der Waals surface area contributed by atoms with Crippen LogP contribution in [0.1, 0.15) is 40.9 Å². The molecule has 4 rings (SSSR count). The van der Waals surface area contributed by atoms with E-state index in [-0.39, 0.29) is 5.88 Å². The number of benzene rings is 2.